The van der Waals surface area contributed by atoms with E-state index < -0.39 is 0 Å². The van der Waals surface area contributed by atoms with Crippen LogP contribution < -0.4 is 5.32 Å². The molecule has 1 heterocycles. The Bertz CT molecular complexity index is 299. The number of hydrogen-bond acceptors (Lipinski definition) is 4. The summed E-state index contributed by atoms with van der Waals surface area (Å²) in [6.07, 6.45) is 3.23. The van der Waals surface area contributed by atoms with Crippen LogP contribution in [-0.2, 0) is 0 Å². The van der Waals surface area contributed by atoms with Crippen molar-refractivity contribution >= 4 is 23.1 Å². The van der Waals surface area contributed by atoms with Crippen molar-refractivity contribution in [1.29, 1.82) is 0 Å². The average Bonchev–Trinajstić information content (AvgIpc) is 2.65. The molecule has 92 valence electrons. The predicted octanol–water partition coefficient (Wildman–Crippen LogP) is 3.63. The second-order valence-electron chi connectivity index (χ2n) is 4.06. The van der Waals surface area contributed by atoms with Gasteiger partial charge in [-0.3, -0.25) is 0 Å². The van der Waals surface area contributed by atoms with E-state index in [2.05, 4.69) is 38.0 Å². The Hall–Kier alpha value is -0.0600. The number of nitrogens with one attached hydrogen (secondary N) is 1. The van der Waals surface area contributed by atoms with Crippen LogP contribution in [0.1, 0.15) is 43.1 Å². The minimum absolute atomic E-state index is 0.424. The fraction of sp³-hybridized carbons (Fsp3) is 0.750. The van der Waals surface area contributed by atoms with E-state index in [-0.39, 0.29) is 0 Å². The van der Waals surface area contributed by atoms with Gasteiger partial charge in [-0.25, -0.2) is 4.98 Å². The molecule has 0 aromatic carbocycles. The highest BCUT2D eigenvalue weighted by Crippen LogP contribution is 2.20. The Kier molecular flexibility index (Phi) is 6.39. The largest absolute Gasteiger partial charge is 0.307 e. The fourth-order valence-electron chi connectivity index (χ4n) is 1.57. The number of aryl methyl sites for hydroxylation is 1. The number of thiazole rings is 1. The van der Waals surface area contributed by atoms with Gasteiger partial charge in [0.05, 0.1) is 5.01 Å². The summed E-state index contributed by atoms with van der Waals surface area (Å²) in [5.74, 6) is 2.47. The molecule has 2 atom stereocenters. The van der Waals surface area contributed by atoms with E-state index in [9.17, 15) is 0 Å². The highest BCUT2D eigenvalue weighted by Gasteiger charge is 2.11. The average molecular weight is 258 g/mol. The van der Waals surface area contributed by atoms with Crippen LogP contribution >= 0.6 is 23.1 Å². The monoisotopic (exact) mass is 258 g/mol. The number of nitrogens with zero attached hydrogens (tertiary/aromatic N) is 1. The lowest BCUT2D eigenvalue weighted by molar-refractivity contribution is 0.476. The molecule has 0 saturated heterocycles. The first kappa shape index (κ1) is 14.0. The number of rotatable bonds is 7. The molecule has 0 aliphatic carbocycles. The zero-order valence-corrected chi connectivity index (χ0v) is 12.3. The Morgan fingerprint density at radius 2 is 2.25 bits per heavy atom. The zero-order valence-electron chi connectivity index (χ0n) is 10.6. The molecule has 2 nitrogen and oxygen atoms in total. The van der Waals surface area contributed by atoms with Crippen molar-refractivity contribution in [3.05, 3.63) is 16.1 Å². The van der Waals surface area contributed by atoms with Crippen LogP contribution in [-0.4, -0.2) is 22.5 Å². The summed E-state index contributed by atoms with van der Waals surface area (Å²) < 4.78 is 0. The third-order valence-electron chi connectivity index (χ3n) is 2.50. The lowest BCUT2D eigenvalue weighted by atomic mass is 10.2. The standard InChI is InChI=1S/C12H22N2S2/c1-5-15-7-6-9(2)14-10(3)12-8-13-11(4)16-12/h8-10,14H,5-7H2,1-4H3. The van der Waals surface area contributed by atoms with Crippen molar-refractivity contribution in [3.63, 3.8) is 0 Å². The van der Waals surface area contributed by atoms with Crippen molar-refractivity contribution < 1.29 is 0 Å². The second-order valence-corrected chi connectivity index (χ2v) is 6.72. The SMILES string of the molecule is CCSCCC(C)NC(C)c1cnc(C)s1. The molecule has 1 aromatic heterocycles. The van der Waals surface area contributed by atoms with Crippen molar-refractivity contribution in [2.75, 3.05) is 11.5 Å². The van der Waals surface area contributed by atoms with Gasteiger partial charge in [-0.2, -0.15) is 11.8 Å². The van der Waals surface area contributed by atoms with E-state index in [1.807, 2.05) is 18.0 Å². The van der Waals surface area contributed by atoms with Crippen LogP contribution in [0.5, 0.6) is 0 Å². The minimum Gasteiger partial charge on any atom is -0.307 e. The first-order chi connectivity index (χ1) is 7.63. The summed E-state index contributed by atoms with van der Waals surface area (Å²) in [6.45, 7) is 8.75. The summed E-state index contributed by atoms with van der Waals surface area (Å²) in [5.41, 5.74) is 0. The van der Waals surface area contributed by atoms with Crippen LogP contribution in [0.25, 0.3) is 0 Å². The van der Waals surface area contributed by atoms with E-state index in [0.717, 1.165) is 5.01 Å². The van der Waals surface area contributed by atoms with Crippen LogP contribution in [0.4, 0.5) is 0 Å². The van der Waals surface area contributed by atoms with E-state index in [1.165, 1.54) is 22.8 Å². The summed E-state index contributed by atoms with van der Waals surface area (Å²) in [5, 5.41) is 4.78. The molecule has 1 N–H and O–H groups in total. The van der Waals surface area contributed by atoms with Crippen molar-refractivity contribution in [1.82, 2.24) is 10.3 Å². The Labute approximate surface area is 107 Å². The summed E-state index contributed by atoms with van der Waals surface area (Å²) in [7, 11) is 0. The molecule has 0 spiro atoms. The maximum atomic E-state index is 4.29. The van der Waals surface area contributed by atoms with Gasteiger partial charge in [0.1, 0.15) is 0 Å². The van der Waals surface area contributed by atoms with Gasteiger partial charge in [0.25, 0.3) is 0 Å². The van der Waals surface area contributed by atoms with Crippen molar-refractivity contribution in [3.8, 4) is 0 Å². The molecule has 1 aromatic rings. The van der Waals surface area contributed by atoms with Gasteiger partial charge < -0.3 is 5.32 Å². The maximum Gasteiger partial charge on any atom is 0.0897 e. The quantitative estimate of drug-likeness (QED) is 0.756. The van der Waals surface area contributed by atoms with Gasteiger partial charge in [-0.1, -0.05) is 6.92 Å². The molecule has 2 unspecified atom stereocenters. The molecule has 0 radical (unpaired) electrons. The normalized spacial score (nSPS) is 15.0. The summed E-state index contributed by atoms with van der Waals surface area (Å²) in [4.78, 5) is 5.64. The maximum absolute atomic E-state index is 4.29. The van der Waals surface area contributed by atoms with Gasteiger partial charge >= 0.3 is 0 Å². The van der Waals surface area contributed by atoms with Gasteiger partial charge in [0, 0.05) is 23.2 Å². The lowest BCUT2D eigenvalue weighted by Gasteiger charge is -2.18. The van der Waals surface area contributed by atoms with Gasteiger partial charge in [0.15, 0.2) is 0 Å². The molecule has 0 aliphatic heterocycles. The Balaban J connectivity index is 2.30. The molecule has 0 amide bonds. The first-order valence-corrected chi connectivity index (χ1v) is 7.86. The number of thioether (sulfide) groups is 1. The summed E-state index contributed by atoms with van der Waals surface area (Å²) >= 11 is 3.80. The highest BCUT2D eigenvalue weighted by molar-refractivity contribution is 7.99. The lowest BCUT2D eigenvalue weighted by Crippen LogP contribution is -2.29. The van der Waals surface area contributed by atoms with E-state index in [0.29, 0.717) is 12.1 Å². The van der Waals surface area contributed by atoms with Gasteiger partial charge in [0.2, 0.25) is 0 Å². The molecule has 16 heavy (non-hydrogen) atoms. The molecular formula is C12H22N2S2. The molecule has 0 aliphatic rings. The number of aromatic nitrogens is 1. The third kappa shape index (κ3) is 4.85. The molecule has 1 rings (SSSR count). The second kappa shape index (κ2) is 7.30. The molecule has 0 fully saturated rings. The first-order valence-electron chi connectivity index (χ1n) is 5.89. The molecular weight excluding hydrogens is 236 g/mol. The topological polar surface area (TPSA) is 24.9 Å². The molecule has 0 bridgehead atoms. The van der Waals surface area contributed by atoms with Gasteiger partial charge in [-0.15, -0.1) is 11.3 Å². The summed E-state index contributed by atoms with van der Waals surface area (Å²) in [6, 6.07) is 1.00. The van der Waals surface area contributed by atoms with Crippen molar-refractivity contribution in [2.45, 2.75) is 46.2 Å². The molecule has 4 heteroatoms. The Morgan fingerprint density at radius 1 is 1.50 bits per heavy atom. The minimum atomic E-state index is 0.424. The number of hydrogen-bond donors (Lipinski definition) is 1. The highest BCUT2D eigenvalue weighted by atomic mass is 32.2. The van der Waals surface area contributed by atoms with E-state index in [1.54, 1.807) is 11.3 Å². The van der Waals surface area contributed by atoms with Crippen LogP contribution in [0.2, 0.25) is 0 Å². The Morgan fingerprint density at radius 3 is 2.81 bits per heavy atom. The third-order valence-corrected chi connectivity index (χ3v) is 4.53. The van der Waals surface area contributed by atoms with Crippen LogP contribution in [0.3, 0.4) is 0 Å². The zero-order chi connectivity index (χ0) is 12.0. The van der Waals surface area contributed by atoms with E-state index in [4.69, 9.17) is 0 Å². The van der Waals surface area contributed by atoms with Crippen LogP contribution in [0.15, 0.2) is 6.20 Å². The van der Waals surface area contributed by atoms with Gasteiger partial charge in [-0.05, 0) is 38.7 Å². The van der Waals surface area contributed by atoms with Crippen molar-refractivity contribution in [2.24, 2.45) is 0 Å². The predicted molar refractivity (Wildman–Crippen MR) is 75.5 cm³/mol. The molecule has 0 saturated carbocycles. The van der Waals surface area contributed by atoms with E-state index >= 15 is 0 Å². The smallest absolute Gasteiger partial charge is 0.0897 e. The van der Waals surface area contributed by atoms with Crippen LogP contribution in [0, 0.1) is 6.92 Å². The fourth-order valence-corrected chi connectivity index (χ4v) is 3.18.